The van der Waals surface area contributed by atoms with Gasteiger partial charge in [0, 0.05) is 5.56 Å². The van der Waals surface area contributed by atoms with Gasteiger partial charge in [-0.25, -0.2) is 4.98 Å². The molecule has 0 saturated carbocycles. The summed E-state index contributed by atoms with van der Waals surface area (Å²) in [7, 11) is 0. The number of oxazole rings is 1. The zero-order chi connectivity index (χ0) is 15.9. The predicted molar refractivity (Wildman–Crippen MR) is 88.5 cm³/mol. The molecule has 3 aromatic rings. The normalized spacial score (nSPS) is 10.5. The van der Waals surface area contributed by atoms with E-state index in [-0.39, 0.29) is 0 Å². The third-order valence-electron chi connectivity index (χ3n) is 3.26. The topological polar surface area (TPSA) is 44.5 Å². The lowest BCUT2D eigenvalue weighted by Gasteiger charge is -2.11. The van der Waals surface area contributed by atoms with Crippen LogP contribution in [-0.2, 0) is 6.61 Å². The number of benzene rings is 2. The molecule has 0 unspecified atom stereocenters. The second-order valence-electron chi connectivity index (χ2n) is 5.09. The molecule has 0 spiro atoms. The van der Waals surface area contributed by atoms with E-state index in [4.69, 9.17) is 13.9 Å². The molecule has 1 aromatic heterocycles. The Labute approximate surface area is 135 Å². The molecule has 0 saturated heterocycles. The van der Waals surface area contributed by atoms with Crippen LogP contribution in [0.15, 0.2) is 65.3 Å². The van der Waals surface area contributed by atoms with E-state index in [1.807, 2.05) is 54.6 Å². The van der Waals surface area contributed by atoms with Crippen molar-refractivity contribution in [1.82, 2.24) is 4.98 Å². The average molecular weight is 309 g/mol. The van der Waals surface area contributed by atoms with E-state index in [1.165, 1.54) is 0 Å². The van der Waals surface area contributed by atoms with Crippen LogP contribution in [-0.4, -0.2) is 11.6 Å². The van der Waals surface area contributed by atoms with Gasteiger partial charge in [0.25, 0.3) is 0 Å². The number of aromatic nitrogens is 1. The van der Waals surface area contributed by atoms with Crippen molar-refractivity contribution in [3.8, 4) is 23.0 Å². The van der Waals surface area contributed by atoms with Crippen LogP contribution < -0.4 is 9.47 Å². The summed E-state index contributed by atoms with van der Waals surface area (Å²) in [4.78, 5) is 4.45. The van der Waals surface area contributed by atoms with Crippen molar-refractivity contribution in [2.45, 2.75) is 20.0 Å². The van der Waals surface area contributed by atoms with Crippen LogP contribution in [0, 0.1) is 0 Å². The van der Waals surface area contributed by atoms with E-state index in [0.29, 0.717) is 24.9 Å². The molecule has 0 aliphatic heterocycles. The summed E-state index contributed by atoms with van der Waals surface area (Å²) in [6.45, 7) is 3.08. The maximum absolute atomic E-state index is 5.82. The minimum Gasteiger partial charge on any atom is -0.490 e. The van der Waals surface area contributed by atoms with Gasteiger partial charge < -0.3 is 13.9 Å². The highest BCUT2D eigenvalue weighted by atomic mass is 16.5. The molecule has 0 N–H and O–H groups in total. The molecule has 1 heterocycles. The number of nitrogens with zero attached hydrogens (tertiary/aromatic N) is 1. The lowest BCUT2D eigenvalue weighted by atomic mass is 10.2. The van der Waals surface area contributed by atoms with Crippen molar-refractivity contribution in [1.29, 1.82) is 0 Å². The second kappa shape index (κ2) is 7.49. The van der Waals surface area contributed by atoms with Gasteiger partial charge in [-0.05, 0) is 30.7 Å². The van der Waals surface area contributed by atoms with E-state index in [0.717, 1.165) is 23.4 Å². The molecule has 0 amide bonds. The summed E-state index contributed by atoms with van der Waals surface area (Å²) in [5, 5.41) is 0. The first-order valence-corrected chi connectivity index (χ1v) is 7.71. The zero-order valence-electron chi connectivity index (χ0n) is 13.1. The molecule has 4 heteroatoms. The third-order valence-corrected chi connectivity index (χ3v) is 3.26. The molecular weight excluding hydrogens is 290 g/mol. The van der Waals surface area contributed by atoms with Gasteiger partial charge in [0.1, 0.15) is 18.6 Å². The SMILES string of the molecule is CCCOc1ccccc1OCc1coc(-c2ccccc2)n1. The molecule has 2 aromatic carbocycles. The van der Waals surface area contributed by atoms with Crippen LogP contribution in [0.5, 0.6) is 11.5 Å². The summed E-state index contributed by atoms with van der Waals surface area (Å²) in [5.41, 5.74) is 1.69. The van der Waals surface area contributed by atoms with Crippen LogP contribution in [0.2, 0.25) is 0 Å². The van der Waals surface area contributed by atoms with Crippen molar-refractivity contribution >= 4 is 0 Å². The average Bonchev–Trinajstić information content (AvgIpc) is 3.08. The number of ether oxygens (including phenoxy) is 2. The van der Waals surface area contributed by atoms with E-state index >= 15 is 0 Å². The predicted octanol–water partition coefficient (Wildman–Crippen LogP) is 4.71. The third kappa shape index (κ3) is 3.92. The second-order valence-corrected chi connectivity index (χ2v) is 5.09. The van der Waals surface area contributed by atoms with Crippen molar-refractivity contribution in [2.24, 2.45) is 0 Å². The van der Waals surface area contributed by atoms with Gasteiger partial charge >= 0.3 is 0 Å². The summed E-state index contributed by atoms with van der Waals surface area (Å²) < 4.78 is 17.0. The molecule has 4 nitrogen and oxygen atoms in total. The first kappa shape index (κ1) is 15.2. The summed E-state index contributed by atoms with van der Waals surface area (Å²) in [6, 6.07) is 17.5. The van der Waals surface area contributed by atoms with Crippen molar-refractivity contribution < 1.29 is 13.9 Å². The van der Waals surface area contributed by atoms with Gasteiger partial charge in [0.15, 0.2) is 11.5 Å². The Balaban J connectivity index is 1.66. The molecule has 0 aliphatic carbocycles. The lowest BCUT2D eigenvalue weighted by Crippen LogP contribution is -2.00. The fourth-order valence-electron chi connectivity index (χ4n) is 2.14. The highest BCUT2D eigenvalue weighted by Gasteiger charge is 2.09. The van der Waals surface area contributed by atoms with Gasteiger partial charge in [-0.2, -0.15) is 0 Å². The van der Waals surface area contributed by atoms with Crippen LogP contribution in [0.25, 0.3) is 11.5 Å². The summed E-state index contributed by atoms with van der Waals surface area (Å²) in [6.07, 6.45) is 2.58. The van der Waals surface area contributed by atoms with Gasteiger partial charge in [-0.15, -0.1) is 0 Å². The van der Waals surface area contributed by atoms with E-state index in [2.05, 4.69) is 11.9 Å². The monoisotopic (exact) mass is 309 g/mol. The minimum atomic E-state index is 0.336. The van der Waals surface area contributed by atoms with Gasteiger partial charge in [0.2, 0.25) is 5.89 Å². The Morgan fingerprint density at radius 3 is 2.35 bits per heavy atom. The smallest absolute Gasteiger partial charge is 0.226 e. The Morgan fingerprint density at radius 2 is 1.61 bits per heavy atom. The highest BCUT2D eigenvalue weighted by Crippen LogP contribution is 2.27. The fraction of sp³-hybridized carbons (Fsp3) is 0.211. The Hall–Kier alpha value is -2.75. The van der Waals surface area contributed by atoms with Crippen molar-refractivity contribution in [2.75, 3.05) is 6.61 Å². The summed E-state index contributed by atoms with van der Waals surface area (Å²) >= 11 is 0. The lowest BCUT2D eigenvalue weighted by molar-refractivity contribution is 0.259. The Bertz CT molecular complexity index is 737. The number of hydrogen-bond donors (Lipinski definition) is 0. The molecule has 23 heavy (non-hydrogen) atoms. The Morgan fingerprint density at radius 1 is 0.913 bits per heavy atom. The molecule has 0 radical (unpaired) electrons. The van der Waals surface area contributed by atoms with Crippen LogP contribution in [0.1, 0.15) is 19.0 Å². The molecule has 0 atom stereocenters. The molecule has 3 rings (SSSR count). The fourth-order valence-corrected chi connectivity index (χ4v) is 2.14. The van der Waals surface area contributed by atoms with Crippen LogP contribution in [0.4, 0.5) is 0 Å². The van der Waals surface area contributed by atoms with Gasteiger partial charge in [-0.1, -0.05) is 37.3 Å². The number of para-hydroxylation sites is 2. The van der Waals surface area contributed by atoms with E-state index < -0.39 is 0 Å². The highest BCUT2D eigenvalue weighted by molar-refractivity contribution is 5.52. The van der Waals surface area contributed by atoms with Gasteiger partial charge in [0.05, 0.1) is 6.61 Å². The first-order valence-electron chi connectivity index (χ1n) is 7.71. The molecular formula is C19H19NO3. The maximum atomic E-state index is 5.82. The number of rotatable bonds is 7. The minimum absolute atomic E-state index is 0.336. The largest absolute Gasteiger partial charge is 0.490 e. The standard InChI is InChI=1S/C19H19NO3/c1-2-12-21-17-10-6-7-11-18(17)22-13-16-14-23-19(20-16)15-8-4-3-5-9-15/h3-11,14H,2,12-13H2,1H3. The zero-order valence-corrected chi connectivity index (χ0v) is 13.1. The van der Waals surface area contributed by atoms with Crippen molar-refractivity contribution in [3.63, 3.8) is 0 Å². The first-order chi connectivity index (χ1) is 11.4. The molecule has 0 bridgehead atoms. The van der Waals surface area contributed by atoms with E-state index in [1.54, 1.807) is 6.26 Å². The van der Waals surface area contributed by atoms with E-state index in [9.17, 15) is 0 Å². The number of hydrogen-bond acceptors (Lipinski definition) is 4. The molecule has 0 aliphatic rings. The summed E-state index contributed by atoms with van der Waals surface area (Å²) in [5.74, 6) is 2.06. The quantitative estimate of drug-likeness (QED) is 0.634. The molecule has 0 fully saturated rings. The van der Waals surface area contributed by atoms with Crippen LogP contribution >= 0.6 is 0 Å². The van der Waals surface area contributed by atoms with Crippen molar-refractivity contribution in [3.05, 3.63) is 66.6 Å². The Kier molecular flexibility index (Phi) is 4.94. The van der Waals surface area contributed by atoms with Crippen LogP contribution in [0.3, 0.4) is 0 Å². The maximum Gasteiger partial charge on any atom is 0.226 e. The van der Waals surface area contributed by atoms with Gasteiger partial charge in [-0.3, -0.25) is 0 Å². The molecule has 118 valence electrons.